The quantitative estimate of drug-likeness (QED) is 0.916. The van der Waals surface area contributed by atoms with E-state index in [9.17, 15) is 0 Å². The Balaban J connectivity index is 1.44. The Morgan fingerprint density at radius 2 is 1.85 bits per heavy atom. The van der Waals surface area contributed by atoms with Crippen molar-refractivity contribution < 1.29 is 0 Å². The van der Waals surface area contributed by atoms with Crippen LogP contribution in [-0.2, 0) is 6.54 Å². The Morgan fingerprint density at radius 1 is 1.10 bits per heavy atom. The molecule has 104 valence electrons. The molecule has 1 aromatic carbocycles. The summed E-state index contributed by atoms with van der Waals surface area (Å²) in [5.41, 5.74) is 2.43. The maximum atomic E-state index is 4.48. The number of hydrogen-bond donors (Lipinski definition) is 1. The first-order valence-electron chi connectivity index (χ1n) is 7.40. The number of fused-ring (bicyclic) bond motifs is 1. The highest BCUT2D eigenvalue weighted by Crippen LogP contribution is 2.27. The standard InChI is InChI=1S/C16H20N4/c1-2-4-16(5-3-1)20-10-13(6-18-20)9-19-11-14-7-17-8-15(14)12-19/h1-6,10,14-15,17H,7-9,11-12H2/t14-,15+. The van der Waals surface area contributed by atoms with Crippen LogP contribution < -0.4 is 5.32 Å². The molecule has 20 heavy (non-hydrogen) atoms. The highest BCUT2D eigenvalue weighted by Gasteiger charge is 2.35. The minimum atomic E-state index is 0.860. The molecule has 2 fully saturated rings. The largest absolute Gasteiger partial charge is 0.316 e. The van der Waals surface area contributed by atoms with E-state index in [0.717, 1.165) is 24.1 Å². The van der Waals surface area contributed by atoms with E-state index in [4.69, 9.17) is 0 Å². The number of benzene rings is 1. The zero-order chi connectivity index (χ0) is 13.4. The monoisotopic (exact) mass is 268 g/mol. The summed E-state index contributed by atoms with van der Waals surface area (Å²) in [4.78, 5) is 2.57. The number of likely N-dealkylation sites (tertiary alicyclic amines) is 1. The molecule has 0 unspecified atom stereocenters. The third kappa shape index (κ3) is 2.25. The van der Waals surface area contributed by atoms with E-state index in [1.165, 1.54) is 31.7 Å². The van der Waals surface area contributed by atoms with E-state index >= 15 is 0 Å². The fourth-order valence-electron chi connectivity index (χ4n) is 3.50. The Morgan fingerprint density at radius 3 is 2.60 bits per heavy atom. The Labute approximate surface area is 119 Å². The summed E-state index contributed by atoms with van der Waals surface area (Å²) >= 11 is 0. The van der Waals surface area contributed by atoms with E-state index in [2.05, 4.69) is 33.6 Å². The Bertz CT molecular complexity index is 565. The zero-order valence-corrected chi connectivity index (χ0v) is 11.6. The van der Waals surface area contributed by atoms with Crippen LogP contribution in [0.1, 0.15) is 5.56 Å². The van der Waals surface area contributed by atoms with E-state index < -0.39 is 0 Å². The van der Waals surface area contributed by atoms with Gasteiger partial charge in [-0.05, 0) is 37.1 Å². The van der Waals surface area contributed by atoms with Crippen LogP contribution in [0.25, 0.3) is 5.69 Å². The second-order valence-electron chi connectivity index (χ2n) is 6.00. The van der Waals surface area contributed by atoms with E-state index in [1.807, 2.05) is 29.1 Å². The van der Waals surface area contributed by atoms with Crippen molar-refractivity contribution in [3.8, 4) is 5.69 Å². The number of nitrogens with one attached hydrogen (secondary N) is 1. The van der Waals surface area contributed by atoms with Crippen molar-refractivity contribution in [2.75, 3.05) is 26.2 Å². The molecule has 3 heterocycles. The van der Waals surface area contributed by atoms with Crippen LogP contribution in [0.2, 0.25) is 0 Å². The molecule has 2 aromatic rings. The molecule has 0 aliphatic carbocycles. The lowest BCUT2D eigenvalue weighted by Crippen LogP contribution is -2.25. The van der Waals surface area contributed by atoms with Crippen LogP contribution in [0.5, 0.6) is 0 Å². The van der Waals surface area contributed by atoms with E-state index in [1.54, 1.807) is 0 Å². The van der Waals surface area contributed by atoms with Gasteiger partial charge < -0.3 is 5.32 Å². The summed E-state index contributed by atoms with van der Waals surface area (Å²) in [7, 11) is 0. The first-order chi connectivity index (χ1) is 9.88. The molecule has 0 radical (unpaired) electrons. The van der Waals surface area contributed by atoms with Gasteiger partial charge in [0.1, 0.15) is 0 Å². The number of nitrogens with zero attached hydrogens (tertiary/aromatic N) is 3. The molecular weight excluding hydrogens is 248 g/mol. The molecule has 1 N–H and O–H groups in total. The van der Waals surface area contributed by atoms with Crippen molar-refractivity contribution in [1.82, 2.24) is 20.0 Å². The molecule has 0 saturated carbocycles. The molecule has 2 aliphatic heterocycles. The van der Waals surface area contributed by atoms with Crippen LogP contribution in [0.3, 0.4) is 0 Å². The van der Waals surface area contributed by atoms with Gasteiger partial charge in [0, 0.05) is 31.4 Å². The Kier molecular flexibility index (Phi) is 3.05. The molecule has 0 spiro atoms. The molecular formula is C16H20N4. The van der Waals surface area contributed by atoms with Crippen LogP contribution in [-0.4, -0.2) is 40.9 Å². The van der Waals surface area contributed by atoms with Crippen LogP contribution in [0.15, 0.2) is 42.7 Å². The van der Waals surface area contributed by atoms with E-state index in [-0.39, 0.29) is 0 Å². The summed E-state index contributed by atoms with van der Waals surface area (Å²) in [6.07, 6.45) is 4.15. The first kappa shape index (κ1) is 12.1. The van der Waals surface area contributed by atoms with Gasteiger partial charge in [0.2, 0.25) is 0 Å². The predicted octanol–water partition coefficient (Wildman–Crippen LogP) is 1.52. The number of para-hydroxylation sites is 1. The van der Waals surface area contributed by atoms with Gasteiger partial charge in [0.25, 0.3) is 0 Å². The fraction of sp³-hybridized carbons (Fsp3) is 0.438. The molecule has 4 rings (SSSR count). The van der Waals surface area contributed by atoms with Crippen molar-refractivity contribution in [2.45, 2.75) is 6.54 Å². The van der Waals surface area contributed by atoms with Crippen LogP contribution >= 0.6 is 0 Å². The van der Waals surface area contributed by atoms with Crippen molar-refractivity contribution in [3.63, 3.8) is 0 Å². The first-order valence-corrected chi connectivity index (χ1v) is 7.40. The van der Waals surface area contributed by atoms with Gasteiger partial charge in [0.15, 0.2) is 0 Å². The van der Waals surface area contributed by atoms with Gasteiger partial charge in [-0.3, -0.25) is 4.90 Å². The fourth-order valence-corrected chi connectivity index (χ4v) is 3.50. The van der Waals surface area contributed by atoms with Crippen LogP contribution in [0, 0.1) is 11.8 Å². The average molecular weight is 268 g/mol. The molecule has 4 nitrogen and oxygen atoms in total. The number of aromatic nitrogens is 2. The smallest absolute Gasteiger partial charge is 0.0645 e. The normalized spacial score (nSPS) is 26.0. The van der Waals surface area contributed by atoms with Gasteiger partial charge in [0.05, 0.1) is 11.9 Å². The van der Waals surface area contributed by atoms with Gasteiger partial charge in [-0.15, -0.1) is 0 Å². The summed E-state index contributed by atoms with van der Waals surface area (Å²) in [6, 6.07) is 10.3. The Hall–Kier alpha value is -1.65. The third-order valence-corrected chi connectivity index (χ3v) is 4.53. The molecule has 0 bridgehead atoms. The van der Waals surface area contributed by atoms with Crippen molar-refractivity contribution in [2.24, 2.45) is 11.8 Å². The van der Waals surface area contributed by atoms with Gasteiger partial charge in [-0.2, -0.15) is 5.10 Å². The average Bonchev–Trinajstić information content (AvgIpc) is 3.16. The lowest BCUT2D eigenvalue weighted by molar-refractivity contribution is 0.305. The third-order valence-electron chi connectivity index (χ3n) is 4.53. The topological polar surface area (TPSA) is 33.1 Å². The van der Waals surface area contributed by atoms with Crippen molar-refractivity contribution in [1.29, 1.82) is 0 Å². The van der Waals surface area contributed by atoms with Crippen molar-refractivity contribution in [3.05, 3.63) is 48.3 Å². The predicted molar refractivity (Wildman–Crippen MR) is 78.7 cm³/mol. The maximum Gasteiger partial charge on any atom is 0.0645 e. The summed E-state index contributed by atoms with van der Waals surface area (Å²) < 4.78 is 1.97. The van der Waals surface area contributed by atoms with E-state index in [0.29, 0.717) is 0 Å². The molecule has 0 amide bonds. The maximum absolute atomic E-state index is 4.48. The van der Waals surface area contributed by atoms with Crippen molar-refractivity contribution >= 4 is 0 Å². The minimum Gasteiger partial charge on any atom is -0.316 e. The minimum absolute atomic E-state index is 0.860. The second kappa shape index (κ2) is 5.04. The SMILES string of the molecule is c1ccc(-n2cc(CN3C[C@H]4CNC[C@H]4C3)cn2)cc1. The highest BCUT2D eigenvalue weighted by molar-refractivity contribution is 5.30. The lowest BCUT2D eigenvalue weighted by Gasteiger charge is -2.15. The number of hydrogen-bond acceptors (Lipinski definition) is 3. The van der Waals surface area contributed by atoms with Gasteiger partial charge >= 0.3 is 0 Å². The number of rotatable bonds is 3. The molecule has 4 heteroatoms. The molecule has 1 aromatic heterocycles. The summed E-state index contributed by atoms with van der Waals surface area (Å²) in [6.45, 7) is 5.89. The summed E-state index contributed by atoms with van der Waals surface area (Å²) in [5, 5.41) is 7.97. The molecule has 2 atom stereocenters. The van der Waals surface area contributed by atoms with Gasteiger partial charge in [-0.25, -0.2) is 4.68 Å². The highest BCUT2D eigenvalue weighted by atomic mass is 15.3. The summed E-state index contributed by atoms with van der Waals surface area (Å²) in [5.74, 6) is 1.72. The van der Waals surface area contributed by atoms with Crippen LogP contribution in [0.4, 0.5) is 0 Å². The zero-order valence-electron chi connectivity index (χ0n) is 11.6. The second-order valence-corrected chi connectivity index (χ2v) is 6.00. The molecule has 2 aliphatic rings. The van der Waals surface area contributed by atoms with Gasteiger partial charge in [-0.1, -0.05) is 18.2 Å². The lowest BCUT2D eigenvalue weighted by atomic mass is 10.0. The molecule has 2 saturated heterocycles.